The molecule has 23 heavy (non-hydrogen) atoms. The summed E-state index contributed by atoms with van der Waals surface area (Å²) in [5.74, 6) is 0.650. The Hall–Kier alpha value is -1.59. The van der Waals surface area contributed by atoms with E-state index in [4.69, 9.17) is 21.1 Å². The third-order valence-electron chi connectivity index (χ3n) is 4.67. The number of halogens is 1. The first-order valence-electron chi connectivity index (χ1n) is 7.73. The largest absolute Gasteiger partial charge is 0.486 e. The molecule has 0 bridgehead atoms. The second kappa shape index (κ2) is 6.13. The number of Topliss-reactive ketones (excluding diaryl/α,β-unsaturated/α-hetero) is 1. The van der Waals surface area contributed by atoms with E-state index in [9.17, 15) is 9.59 Å². The fourth-order valence-corrected chi connectivity index (χ4v) is 3.44. The molecule has 1 amide bonds. The monoisotopic (exact) mass is 337 g/mol. The van der Waals surface area contributed by atoms with Crippen LogP contribution in [0.2, 0.25) is 5.02 Å². The van der Waals surface area contributed by atoms with Crippen LogP contribution in [0.25, 0.3) is 0 Å². The maximum Gasteiger partial charge on any atom is 0.248 e. The third kappa shape index (κ3) is 3.08. The number of piperidine rings is 1. The van der Waals surface area contributed by atoms with Crippen molar-refractivity contribution in [2.75, 3.05) is 26.8 Å². The summed E-state index contributed by atoms with van der Waals surface area (Å²) in [6, 6.07) is 3.53. The lowest BCUT2D eigenvalue weighted by Crippen LogP contribution is -2.52. The van der Waals surface area contributed by atoms with Gasteiger partial charge in [-0.05, 0) is 24.6 Å². The standard InChI is InChI=1S/C17H20ClNO4/c1-11-7-15-12(8-13(11)18)14(20)9-17(23-15)3-5-19(6-4-17)16(21)10-22-2/h7-8H,3-6,9-10H2,1-2H3. The number of hydrogen-bond acceptors (Lipinski definition) is 4. The van der Waals surface area contributed by atoms with Gasteiger partial charge in [-0.15, -0.1) is 0 Å². The van der Waals surface area contributed by atoms with Gasteiger partial charge in [0.05, 0.1) is 12.0 Å². The lowest BCUT2D eigenvalue weighted by Gasteiger charge is -2.44. The van der Waals surface area contributed by atoms with E-state index in [-0.39, 0.29) is 18.3 Å². The lowest BCUT2D eigenvalue weighted by molar-refractivity contribution is -0.138. The number of aryl methyl sites for hydroxylation is 1. The van der Waals surface area contributed by atoms with Crippen LogP contribution < -0.4 is 4.74 Å². The predicted octanol–water partition coefficient (Wildman–Crippen LogP) is 2.62. The summed E-state index contributed by atoms with van der Waals surface area (Å²) < 4.78 is 11.1. The molecule has 3 rings (SSSR count). The van der Waals surface area contributed by atoms with Crippen LogP contribution in [-0.4, -0.2) is 49.0 Å². The van der Waals surface area contributed by atoms with Crippen LogP contribution in [-0.2, 0) is 9.53 Å². The Balaban J connectivity index is 1.77. The summed E-state index contributed by atoms with van der Waals surface area (Å²) in [6.07, 6.45) is 1.64. The number of carbonyl (C=O) groups excluding carboxylic acids is 2. The van der Waals surface area contributed by atoms with Gasteiger partial charge in [-0.1, -0.05) is 11.6 Å². The highest BCUT2D eigenvalue weighted by Gasteiger charge is 2.43. The molecule has 1 aromatic rings. The Labute approximate surface area is 140 Å². The molecule has 1 saturated heterocycles. The van der Waals surface area contributed by atoms with E-state index in [1.165, 1.54) is 7.11 Å². The predicted molar refractivity (Wildman–Crippen MR) is 86.2 cm³/mol. The molecule has 5 nitrogen and oxygen atoms in total. The van der Waals surface area contributed by atoms with Gasteiger partial charge >= 0.3 is 0 Å². The first kappa shape index (κ1) is 16.3. The van der Waals surface area contributed by atoms with Crippen molar-refractivity contribution in [2.24, 2.45) is 0 Å². The first-order chi connectivity index (χ1) is 10.9. The van der Waals surface area contributed by atoms with E-state index in [0.717, 1.165) is 5.56 Å². The van der Waals surface area contributed by atoms with E-state index in [1.54, 1.807) is 11.0 Å². The second-order valence-corrected chi connectivity index (χ2v) is 6.70. The molecule has 0 N–H and O–H groups in total. The highest BCUT2D eigenvalue weighted by atomic mass is 35.5. The number of ketones is 1. The van der Waals surface area contributed by atoms with E-state index in [2.05, 4.69) is 0 Å². The average Bonchev–Trinajstić information content (AvgIpc) is 2.50. The number of fused-ring (bicyclic) bond motifs is 1. The minimum Gasteiger partial charge on any atom is -0.486 e. The molecule has 6 heteroatoms. The Morgan fingerprint density at radius 1 is 1.39 bits per heavy atom. The average molecular weight is 338 g/mol. The Morgan fingerprint density at radius 3 is 2.74 bits per heavy atom. The number of likely N-dealkylation sites (tertiary alicyclic amines) is 1. The van der Waals surface area contributed by atoms with Crippen LogP contribution in [0.4, 0.5) is 0 Å². The fourth-order valence-electron chi connectivity index (χ4n) is 3.27. The number of amides is 1. The van der Waals surface area contributed by atoms with E-state index in [0.29, 0.717) is 48.7 Å². The molecule has 0 saturated carbocycles. The molecule has 1 spiro atoms. The summed E-state index contributed by atoms with van der Waals surface area (Å²) in [4.78, 5) is 26.2. The summed E-state index contributed by atoms with van der Waals surface area (Å²) in [5.41, 5.74) is 0.945. The van der Waals surface area contributed by atoms with Crippen LogP contribution in [0.1, 0.15) is 35.2 Å². The summed E-state index contributed by atoms with van der Waals surface area (Å²) in [5, 5.41) is 0.580. The molecular formula is C17H20ClNO4. The molecule has 0 unspecified atom stereocenters. The van der Waals surface area contributed by atoms with Gasteiger partial charge < -0.3 is 14.4 Å². The summed E-state index contributed by atoms with van der Waals surface area (Å²) >= 11 is 6.11. The Morgan fingerprint density at radius 2 is 2.09 bits per heavy atom. The lowest BCUT2D eigenvalue weighted by atomic mass is 9.82. The summed E-state index contributed by atoms with van der Waals surface area (Å²) in [6.45, 7) is 3.14. The molecule has 0 radical (unpaired) electrons. The molecule has 2 heterocycles. The van der Waals surface area contributed by atoms with Gasteiger partial charge in [0.2, 0.25) is 5.91 Å². The quantitative estimate of drug-likeness (QED) is 0.832. The van der Waals surface area contributed by atoms with E-state index in [1.807, 2.05) is 13.0 Å². The van der Waals surface area contributed by atoms with Crippen LogP contribution >= 0.6 is 11.6 Å². The van der Waals surface area contributed by atoms with Crippen molar-refractivity contribution in [1.82, 2.24) is 4.90 Å². The molecule has 2 aliphatic heterocycles. The van der Waals surface area contributed by atoms with Crippen molar-refractivity contribution in [2.45, 2.75) is 31.8 Å². The molecule has 1 fully saturated rings. The molecule has 0 aliphatic carbocycles. The van der Waals surface area contributed by atoms with Crippen LogP contribution in [0.15, 0.2) is 12.1 Å². The second-order valence-electron chi connectivity index (χ2n) is 6.30. The van der Waals surface area contributed by atoms with E-state index < -0.39 is 5.60 Å². The van der Waals surface area contributed by atoms with Crippen LogP contribution in [0, 0.1) is 6.92 Å². The zero-order valence-electron chi connectivity index (χ0n) is 13.4. The third-order valence-corrected chi connectivity index (χ3v) is 5.07. The van der Waals surface area contributed by atoms with Crippen molar-refractivity contribution in [3.63, 3.8) is 0 Å². The summed E-state index contributed by atoms with van der Waals surface area (Å²) in [7, 11) is 1.51. The van der Waals surface area contributed by atoms with Crippen molar-refractivity contribution in [1.29, 1.82) is 0 Å². The number of benzene rings is 1. The fraction of sp³-hybridized carbons (Fsp3) is 0.529. The smallest absolute Gasteiger partial charge is 0.248 e. The SMILES string of the molecule is COCC(=O)N1CCC2(CC1)CC(=O)c1cc(Cl)c(C)cc1O2. The number of ether oxygens (including phenoxy) is 2. The van der Waals surface area contributed by atoms with Gasteiger partial charge in [-0.2, -0.15) is 0 Å². The van der Waals surface area contributed by atoms with Crippen molar-refractivity contribution in [3.8, 4) is 5.75 Å². The molecule has 0 aromatic heterocycles. The van der Waals surface area contributed by atoms with Gasteiger partial charge in [0.25, 0.3) is 0 Å². The molecule has 2 aliphatic rings. The topological polar surface area (TPSA) is 55.8 Å². The van der Waals surface area contributed by atoms with Crippen molar-refractivity contribution in [3.05, 3.63) is 28.3 Å². The molecule has 1 aromatic carbocycles. The molecule has 0 atom stereocenters. The number of hydrogen-bond donors (Lipinski definition) is 0. The van der Waals surface area contributed by atoms with Gasteiger partial charge in [0.1, 0.15) is 18.0 Å². The molecule has 124 valence electrons. The zero-order chi connectivity index (χ0) is 16.6. The van der Waals surface area contributed by atoms with Crippen LogP contribution in [0.5, 0.6) is 5.75 Å². The minimum atomic E-state index is -0.506. The number of nitrogens with zero attached hydrogens (tertiary/aromatic N) is 1. The number of methoxy groups -OCH3 is 1. The highest BCUT2D eigenvalue weighted by Crippen LogP contribution is 2.41. The highest BCUT2D eigenvalue weighted by molar-refractivity contribution is 6.31. The first-order valence-corrected chi connectivity index (χ1v) is 8.11. The maximum atomic E-state index is 12.5. The zero-order valence-corrected chi connectivity index (χ0v) is 14.1. The van der Waals surface area contributed by atoms with Crippen LogP contribution in [0.3, 0.4) is 0 Å². The van der Waals surface area contributed by atoms with Gasteiger partial charge in [0.15, 0.2) is 5.78 Å². The maximum absolute atomic E-state index is 12.5. The minimum absolute atomic E-state index is 0.0208. The van der Waals surface area contributed by atoms with Crippen molar-refractivity contribution < 1.29 is 19.1 Å². The Bertz CT molecular complexity index is 650. The Kier molecular flexibility index (Phi) is 4.34. The van der Waals surface area contributed by atoms with Gasteiger partial charge in [-0.25, -0.2) is 0 Å². The van der Waals surface area contributed by atoms with Gasteiger partial charge in [-0.3, -0.25) is 9.59 Å². The van der Waals surface area contributed by atoms with E-state index >= 15 is 0 Å². The van der Waals surface area contributed by atoms with Gasteiger partial charge in [0, 0.05) is 38.1 Å². The number of carbonyl (C=O) groups is 2. The number of rotatable bonds is 2. The normalized spacial score (nSPS) is 19.4. The van der Waals surface area contributed by atoms with Crippen molar-refractivity contribution >= 4 is 23.3 Å². The molecular weight excluding hydrogens is 318 g/mol.